The van der Waals surface area contributed by atoms with Crippen molar-refractivity contribution in [1.29, 1.82) is 0 Å². The van der Waals surface area contributed by atoms with Crippen molar-refractivity contribution in [2.24, 2.45) is 0 Å². The molecule has 1 aliphatic heterocycles. The third kappa shape index (κ3) is 5.59. The molecule has 3 aromatic carbocycles. The second-order valence-corrected chi connectivity index (χ2v) is 8.33. The van der Waals surface area contributed by atoms with Crippen molar-refractivity contribution in [1.82, 2.24) is 4.90 Å². The third-order valence-corrected chi connectivity index (χ3v) is 5.78. The van der Waals surface area contributed by atoms with Gasteiger partial charge in [0.25, 0.3) is 11.1 Å². The summed E-state index contributed by atoms with van der Waals surface area (Å²) in [6.07, 6.45) is 1.74. The summed E-state index contributed by atoms with van der Waals surface area (Å²) in [6, 6.07) is 24.8. The highest BCUT2D eigenvalue weighted by atomic mass is 32.2. The van der Waals surface area contributed by atoms with Gasteiger partial charge in [-0.25, -0.2) is 0 Å². The molecule has 4 rings (SSSR count). The first kappa shape index (κ1) is 21.7. The molecule has 162 valence electrons. The molecule has 0 atom stereocenters. The lowest BCUT2D eigenvalue weighted by Gasteiger charge is -2.12. The number of ether oxygens (including phenoxy) is 2. The number of thioether (sulfide) groups is 1. The van der Waals surface area contributed by atoms with E-state index in [9.17, 15) is 9.59 Å². The number of carbonyl (C=O) groups is 2. The van der Waals surface area contributed by atoms with E-state index in [0.29, 0.717) is 23.9 Å². The molecule has 1 heterocycles. The fraction of sp³-hybridized carbons (Fsp3) is 0.154. The molecular formula is C26H23NO4S. The van der Waals surface area contributed by atoms with Crippen LogP contribution in [-0.2, 0) is 11.3 Å². The Bertz CT molecular complexity index is 1110. The molecule has 1 fully saturated rings. The average Bonchev–Trinajstić information content (AvgIpc) is 3.07. The zero-order valence-corrected chi connectivity index (χ0v) is 18.5. The molecule has 32 heavy (non-hydrogen) atoms. The van der Waals surface area contributed by atoms with Crippen LogP contribution in [0.15, 0.2) is 83.8 Å². The zero-order valence-electron chi connectivity index (χ0n) is 17.7. The predicted octanol–water partition coefficient (Wildman–Crippen LogP) is 5.69. The topological polar surface area (TPSA) is 55.8 Å². The molecule has 5 nitrogen and oxygen atoms in total. The second kappa shape index (κ2) is 10.2. The average molecular weight is 446 g/mol. The zero-order chi connectivity index (χ0) is 22.3. The standard InChI is InChI=1S/C26H23NO4S/c1-19-7-9-21(10-8-19)18-27-25(28)24(32-26(27)29)17-20-11-13-23(14-12-20)31-16-15-30-22-5-3-2-4-6-22/h2-14,17H,15-16,18H2,1H3/b24-17-. The monoisotopic (exact) mass is 445 g/mol. The lowest BCUT2D eigenvalue weighted by atomic mass is 10.1. The molecule has 0 bridgehead atoms. The van der Waals surface area contributed by atoms with Gasteiger partial charge in [0, 0.05) is 0 Å². The first-order chi connectivity index (χ1) is 15.6. The maximum Gasteiger partial charge on any atom is 0.293 e. The van der Waals surface area contributed by atoms with Gasteiger partial charge in [0.15, 0.2) is 0 Å². The Hall–Kier alpha value is -3.51. The fourth-order valence-electron chi connectivity index (χ4n) is 3.16. The molecule has 2 amide bonds. The summed E-state index contributed by atoms with van der Waals surface area (Å²) in [5.41, 5.74) is 2.90. The van der Waals surface area contributed by atoms with E-state index < -0.39 is 0 Å². The Morgan fingerprint density at radius 2 is 1.44 bits per heavy atom. The van der Waals surface area contributed by atoms with Crippen molar-refractivity contribution >= 4 is 29.0 Å². The van der Waals surface area contributed by atoms with Crippen LogP contribution in [0.3, 0.4) is 0 Å². The van der Waals surface area contributed by atoms with Gasteiger partial charge in [-0.2, -0.15) is 0 Å². The summed E-state index contributed by atoms with van der Waals surface area (Å²) in [6.45, 7) is 3.15. The summed E-state index contributed by atoms with van der Waals surface area (Å²) in [5, 5.41) is -0.250. The number of para-hydroxylation sites is 1. The van der Waals surface area contributed by atoms with E-state index in [0.717, 1.165) is 34.2 Å². The largest absolute Gasteiger partial charge is 0.490 e. The Balaban J connectivity index is 1.31. The van der Waals surface area contributed by atoms with Crippen LogP contribution < -0.4 is 9.47 Å². The number of nitrogens with zero attached hydrogens (tertiary/aromatic N) is 1. The van der Waals surface area contributed by atoms with E-state index in [2.05, 4.69) is 0 Å². The van der Waals surface area contributed by atoms with Crippen molar-refractivity contribution < 1.29 is 19.1 Å². The minimum Gasteiger partial charge on any atom is -0.490 e. The van der Waals surface area contributed by atoms with Crippen molar-refractivity contribution in [3.05, 3.63) is 100 Å². The van der Waals surface area contributed by atoms with Gasteiger partial charge in [0.05, 0.1) is 11.4 Å². The summed E-state index contributed by atoms with van der Waals surface area (Å²) in [7, 11) is 0. The van der Waals surface area contributed by atoms with Gasteiger partial charge in [-0.3, -0.25) is 14.5 Å². The van der Waals surface area contributed by atoms with E-state index >= 15 is 0 Å². The Labute approximate surface area is 191 Å². The van der Waals surface area contributed by atoms with Crippen molar-refractivity contribution in [2.75, 3.05) is 13.2 Å². The maximum absolute atomic E-state index is 12.7. The van der Waals surface area contributed by atoms with Gasteiger partial charge in [0.2, 0.25) is 0 Å². The summed E-state index contributed by atoms with van der Waals surface area (Å²) in [4.78, 5) is 26.8. The first-order valence-electron chi connectivity index (χ1n) is 10.3. The molecular weight excluding hydrogens is 422 g/mol. The van der Waals surface area contributed by atoms with Crippen LogP contribution in [0.4, 0.5) is 4.79 Å². The summed E-state index contributed by atoms with van der Waals surface area (Å²) in [5.74, 6) is 1.26. The highest BCUT2D eigenvalue weighted by Gasteiger charge is 2.34. The van der Waals surface area contributed by atoms with Gasteiger partial charge < -0.3 is 9.47 Å². The van der Waals surface area contributed by atoms with Crippen LogP contribution in [0.25, 0.3) is 6.08 Å². The molecule has 0 aliphatic carbocycles. The van der Waals surface area contributed by atoms with Crippen LogP contribution in [0.1, 0.15) is 16.7 Å². The molecule has 0 unspecified atom stereocenters. The second-order valence-electron chi connectivity index (χ2n) is 7.33. The Kier molecular flexibility index (Phi) is 6.92. The minimum atomic E-state index is -0.265. The van der Waals surface area contributed by atoms with Crippen LogP contribution in [-0.4, -0.2) is 29.3 Å². The number of hydrogen-bond acceptors (Lipinski definition) is 5. The van der Waals surface area contributed by atoms with Gasteiger partial charge >= 0.3 is 0 Å². The lowest BCUT2D eigenvalue weighted by molar-refractivity contribution is -0.123. The van der Waals surface area contributed by atoms with Gasteiger partial charge in [-0.1, -0.05) is 60.2 Å². The van der Waals surface area contributed by atoms with Gasteiger partial charge in [-0.15, -0.1) is 0 Å². The Morgan fingerprint density at radius 1 is 0.812 bits per heavy atom. The third-order valence-electron chi connectivity index (χ3n) is 4.88. The van der Waals surface area contributed by atoms with Crippen LogP contribution in [0.5, 0.6) is 11.5 Å². The van der Waals surface area contributed by atoms with Crippen LogP contribution in [0.2, 0.25) is 0 Å². The molecule has 3 aromatic rings. The van der Waals surface area contributed by atoms with E-state index in [1.807, 2.05) is 85.8 Å². The highest BCUT2D eigenvalue weighted by Crippen LogP contribution is 2.33. The van der Waals surface area contributed by atoms with Crippen molar-refractivity contribution in [2.45, 2.75) is 13.5 Å². The fourth-order valence-corrected chi connectivity index (χ4v) is 4.00. The van der Waals surface area contributed by atoms with Crippen LogP contribution >= 0.6 is 11.8 Å². The molecule has 0 aromatic heterocycles. The number of rotatable bonds is 8. The SMILES string of the molecule is Cc1ccc(CN2C(=O)S/C(=C\c3ccc(OCCOc4ccccc4)cc3)C2=O)cc1. The molecule has 0 saturated carbocycles. The number of benzene rings is 3. The lowest BCUT2D eigenvalue weighted by Crippen LogP contribution is -2.27. The van der Waals surface area contributed by atoms with Crippen molar-refractivity contribution in [3.8, 4) is 11.5 Å². The molecule has 1 aliphatic rings. The van der Waals surface area contributed by atoms with E-state index in [1.54, 1.807) is 6.08 Å². The molecule has 6 heteroatoms. The molecule has 0 spiro atoms. The normalized spacial score (nSPS) is 14.8. The summed E-state index contributed by atoms with van der Waals surface area (Å²) < 4.78 is 11.3. The highest BCUT2D eigenvalue weighted by molar-refractivity contribution is 8.18. The first-order valence-corrected chi connectivity index (χ1v) is 11.1. The molecule has 0 radical (unpaired) electrons. The number of imide groups is 1. The minimum absolute atomic E-state index is 0.250. The quantitative estimate of drug-likeness (QED) is 0.329. The van der Waals surface area contributed by atoms with Gasteiger partial charge in [0.1, 0.15) is 24.7 Å². The van der Waals surface area contributed by atoms with E-state index in [-0.39, 0.29) is 17.7 Å². The maximum atomic E-state index is 12.7. The Morgan fingerprint density at radius 3 is 2.09 bits per heavy atom. The molecule has 0 N–H and O–H groups in total. The van der Waals surface area contributed by atoms with Crippen molar-refractivity contribution in [3.63, 3.8) is 0 Å². The van der Waals surface area contributed by atoms with E-state index in [1.165, 1.54) is 4.90 Å². The molecule has 1 saturated heterocycles. The predicted molar refractivity (Wildman–Crippen MR) is 127 cm³/mol. The number of hydrogen-bond donors (Lipinski definition) is 0. The number of carbonyl (C=O) groups excluding carboxylic acids is 2. The number of amides is 2. The van der Waals surface area contributed by atoms with E-state index in [4.69, 9.17) is 9.47 Å². The van der Waals surface area contributed by atoms with Crippen LogP contribution in [0, 0.1) is 6.92 Å². The summed E-state index contributed by atoms with van der Waals surface area (Å²) >= 11 is 0.969. The van der Waals surface area contributed by atoms with Gasteiger partial charge in [-0.05, 0) is 60.2 Å². The number of aryl methyl sites for hydroxylation is 1. The smallest absolute Gasteiger partial charge is 0.293 e.